The lowest BCUT2D eigenvalue weighted by atomic mass is 10.0. The molecule has 15 heavy (non-hydrogen) atoms. The Morgan fingerprint density at radius 1 is 1.33 bits per heavy atom. The fourth-order valence-electron chi connectivity index (χ4n) is 1.91. The van der Waals surface area contributed by atoms with E-state index in [1.54, 1.807) is 17.4 Å². The maximum absolute atomic E-state index is 13.2. The van der Waals surface area contributed by atoms with Crippen LogP contribution in [-0.2, 0) is 6.42 Å². The lowest BCUT2D eigenvalue weighted by Crippen LogP contribution is -1.94. The van der Waals surface area contributed by atoms with Crippen LogP contribution in [0.25, 0.3) is 10.1 Å². The predicted octanol–water partition coefficient (Wildman–Crippen LogP) is 4.55. The van der Waals surface area contributed by atoms with Gasteiger partial charge in [0.05, 0.1) is 0 Å². The van der Waals surface area contributed by atoms with Crippen LogP contribution in [0.15, 0.2) is 18.2 Å². The fraction of sp³-hybridized carbons (Fsp3) is 0.385. The fourth-order valence-corrected chi connectivity index (χ4v) is 2.98. The molecule has 1 aromatic heterocycles. The Morgan fingerprint density at radius 2 is 2.07 bits per heavy atom. The number of hydrogen-bond donors (Lipinski definition) is 0. The number of fused-ring (bicyclic) bond motifs is 1. The van der Waals surface area contributed by atoms with Crippen LogP contribution in [0.4, 0.5) is 4.39 Å². The Kier molecular flexibility index (Phi) is 2.79. The summed E-state index contributed by atoms with van der Waals surface area (Å²) in [5.41, 5.74) is 1.32. The zero-order valence-corrected chi connectivity index (χ0v) is 10.1. The molecule has 0 N–H and O–H groups in total. The Bertz CT molecular complexity index is 482. The van der Waals surface area contributed by atoms with Crippen LogP contribution in [0.5, 0.6) is 0 Å². The normalized spacial score (nSPS) is 11.5. The molecule has 0 aliphatic heterocycles. The minimum atomic E-state index is -0.134. The smallest absolute Gasteiger partial charge is 0.123 e. The molecule has 0 saturated carbocycles. The van der Waals surface area contributed by atoms with Crippen molar-refractivity contribution >= 4 is 21.4 Å². The van der Waals surface area contributed by atoms with Crippen LogP contribution < -0.4 is 0 Å². The molecule has 0 nitrogen and oxygen atoms in total. The monoisotopic (exact) mass is 222 g/mol. The third-order valence-electron chi connectivity index (χ3n) is 2.57. The molecule has 2 aromatic rings. The van der Waals surface area contributed by atoms with Gasteiger partial charge in [0.1, 0.15) is 5.82 Å². The largest absolute Gasteiger partial charge is 0.207 e. The van der Waals surface area contributed by atoms with Crippen LogP contribution in [0, 0.1) is 18.7 Å². The Balaban J connectivity index is 2.60. The van der Waals surface area contributed by atoms with Crippen molar-refractivity contribution in [1.82, 2.24) is 0 Å². The van der Waals surface area contributed by atoms with Crippen molar-refractivity contribution in [1.29, 1.82) is 0 Å². The second-order valence-corrected chi connectivity index (χ2v) is 5.63. The molecule has 0 aliphatic rings. The average molecular weight is 222 g/mol. The highest BCUT2D eigenvalue weighted by atomic mass is 32.1. The number of rotatable bonds is 2. The molecule has 0 radical (unpaired) electrons. The van der Waals surface area contributed by atoms with Gasteiger partial charge in [0.25, 0.3) is 0 Å². The van der Waals surface area contributed by atoms with Gasteiger partial charge < -0.3 is 0 Å². The molecule has 0 spiro atoms. The summed E-state index contributed by atoms with van der Waals surface area (Å²) in [5.74, 6) is 0.482. The van der Waals surface area contributed by atoms with Crippen LogP contribution in [0.3, 0.4) is 0 Å². The number of aryl methyl sites for hydroxylation is 1. The molecular formula is C13H15FS. The summed E-state index contributed by atoms with van der Waals surface area (Å²) in [5, 5.41) is 1.10. The van der Waals surface area contributed by atoms with Gasteiger partial charge in [-0.15, -0.1) is 11.3 Å². The van der Waals surface area contributed by atoms with E-state index in [1.165, 1.54) is 21.2 Å². The summed E-state index contributed by atoms with van der Waals surface area (Å²) in [6.45, 7) is 6.52. The maximum Gasteiger partial charge on any atom is 0.123 e. The van der Waals surface area contributed by atoms with Gasteiger partial charge in [-0.2, -0.15) is 0 Å². The van der Waals surface area contributed by atoms with Crippen LogP contribution >= 0.6 is 11.3 Å². The summed E-state index contributed by atoms with van der Waals surface area (Å²) in [6.07, 6.45) is 1.04. The van der Waals surface area contributed by atoms with Gasteiger partial charge in [0, 0.05) is 9.58 Å². The summed E-state index contributed by atoms with van der Waals surface area (Å²) in [4.78, 5) is 1.32. The second-order valence-electron chi connectivity index (χ2n) is 4.38. The van der Waals surface area contributed by atoms with Gasteiger partial charge >= 0.3 is 0 Å². The third kappa shape index (κ3) is 2.05. The van der Waals surface area contributed by atoms with E-state index >= 15 is 0 Å². The van der Waals surface area contributed by atoms with Gasteiger partial charge in [0.15, 0.2) is 0 Å². The molecule has 2 rings (SSSR count). The van der Waals surface area contributed by atoms with Gasteiger partial charge in [-0.1, -0.05) is 13.8 Å². The van der Waals surface area contributed by atoms with Crippen molar-refractivity contribution in [2.45, 2.75) is 27.2 Å². The topological polar surface area (TPSA) is 0 Å². The molecule has 1 heterocycles. The maximum atomic E-state index is 13.2. The molecule has 0 amide bonds. The molecule has 80 valence electrons. The highest BCUT2D eigenvalue weighted by molar-refractivity contribution is 7.19. The number of hydrogen-bond acceptors (Lipinski definition) is 1. The zero-order chi connectivity index (χ0) is 11.0. The van der Waals surface area contributed by atoms with Crippen molar-refractivity contribution in [3.8, 4) is 0 Å². The molecule has 1 aromatic carbocycles. The molecule has 0 fully saturated rings. The summed E-state index contributed by atoms with van der Waals surface area (Å²) in [7, 11) is 0. The highest BCUT2D eigenvalue weighted by Crippen LogP contribution is 2.32. The molecule has 0 saturated heterocycles. The first-order chi connectivity index (χ1) is 7.08. The lowest BCUT2D eigenvalue weighted by molar-refractivity contribution is 0.628. The van der Waals surface area contributed by atoms with Gasteiger partial charge in [-0.3, -0.25) is 0 Å². The Labute approximate surface area is 93.7 Å². The minimum Gasteiger partial charge on any atom is -0.207 e. The van der Waals surface area contributed by atoms with Crippen molar-refractivity contribution in [2.75, 3.05) is 0 Å². The molecule has 2 heteroatoms. The van der Waals surface area contributed by atoms with E-state index in [0.717, 1.165) is 11.8 Å². The number of halogens is 1. The first-order valence-corrected chi connectivity index (χ1v) is 6.07. The van der Waals surface area contributed by atoms with Gasteiger partial charge in [-0.25, -0.2) is 4.39 Å². The zero-order valence-electron chi connectivity index (χ0n) is 9.30. The van der Waals surface area contributed by atoms with Crippen molar-refractivity contribution in [3.63, 3.8) is 0 Å². The predicted molar refractivity (Wildman–Crippen MR) is 65.1 cm³/mol. The van der Waals surface area contributed by atoms with E-state index in [4.69, 9.17) is 0 Å². The number of benzene rings is 1. The van der Waals surface area contributed by atoms with Crippen LogP contribution in [0.2, 0.25) is 0 Å². The summed E-state index contributed by atoms with van der Waals surface area (Å²) < 4.78 is 14.4. The molecular weight excluding hydrogens is 207 g/mol. The van der Waals surface area contributed by atoms with Gasteiger partial charge in [-0.05, 0) is 48.4 Å². The minimum absolute atomic E-state index is 0.134. The van der Waals surface area contributed by atoms with Crippen molar-refractivity contribution in [2.24, 2.45) is 5.92 Å². The molecule has 0 aliphatic carbocycles. The van der Waals surface area contributed by atoms with Crippen LogP contribution in [0.1, 0.15) is 24.3 Å². The van der Waals surface area contributed by atoms with E-state index in [2.05, 4.69) is 20.8 Å². The molecule has 0 atom stereocenters. The highest BCUT2D eigenvalue weighted by Gasteiger charge is 2.10. The standard InChI is InChI=1S/C13H15FS/c1-8(2)6-11-9(3)15-13-5-4-10(14)7-12(11)13/h4-5,7-8H,6H2,1-3H3. The van der Waals surface area contributed by atoms with E-state index in [-0.39, 0.29) is 5.82 Å². The summed E-state index contributed by atoms with van der Waals surface area (Å²) >= 11 is 1.76. The SMILES string of the molecule is Cc1sc2ccc(F)cc2c1CC(C)C. The van der Waals surface area contributed by atoms with Gasteiger partial charge in [0.2, 0.25) is 0 Å². The van der Waals surface area contributed by atoms with E-state index in [9.17, 15) is 4.39 Å². The van der Waals surface area contributed by atoms with Crippen molar-refractivity contribution < 1.29 is 4.39 Å². The molecule has 0 bridgehead atoms. The third-order valence-corrected chi connectivity index (χ3v) is 3.70. The second kappa shape index (κ2) is 3.93. The molecule has 0 unspecified atom stereocenters. The van der Waals surface area contributed by atoms with Crippen LogP contribution in [-0.4, -0.2) is 0 Å². The van der Waals surface area contributed by atoms with E-state index < -0.39 is 0 Å². The average Bonchev–Trinajstić information content (AvgIpc) is 2.43. The Morgan fingerprint density at radius 3 is 2.73 bits per heavy atom. The first kappa shape index (κ1) is 10.6. The van der Waals surface area contributed by atoms with Crippen molar-refractivity contribution in [3.05, 3.63) is 34.5 Å². The quantitative estimate of drug-likeness (QED) is 0.699. The lowest BCUT2D eigenvalue weighted by Gasteiger charge is -2.04. The van der Waals surface area contributed by atoms with E-state index in [0.29, 0.717) is 5.92 Å². The Hall–Kier alpha value is -0.890. The van der Waals surface area contributed by atoms with E-state index in [1.807, 2.05) is 6.07 Å². The summed E-state index contributed by atoms with van der Waals surface area (Å²) in [6, 6.07) is 5.08. The first-order valence-electron chi connectivity index (χ1n) is 5.25. The number of thiophene rings is 1.